The molecule has 2 amide bonds. The molecule has 1 aliphatic heterocycles. The summed E-state index contributed by atoms with van der Waals surface area (Å²) in [5.74, 6) is -0.148. The molecule has 2 aliphatic rings. The van der Waals surface area contributed by atoms with Crippen LogP contribution in [-0.4, -0.2) is 47.5 Å². The van der Waals surface area contributed by atoms with E-state index in [-0.39, 0.29) is 47.0 Å². The lowest BCUT2D eigenvalue weighted by Gasteiger charge is -2.22. The van der Waals surface area contributed by atoms with Gasteiger partial charge in [0.05, 0.1) is 12.2 Å². The van der Waals surface area contributed by atoms with Crippen LogP contribution in [0, 0.1) is 6.92 Å². The van der Waals surface area contributed by atoms with Crippen molar-refractivity contribution in [2.24, 2.45) is 20.2 Å². The lowest BCUT2D eigenvalue weighted by molar-refractivity contribution is -0.141. The minimum atomic E-state index is -4.70. The van der Waals surface area contributed by atoms with Crippen LogP contribution in [0.3, 0.4) is 0 Å². The number of aromatic nitrogens is 1. The molecule has 176 valence electrons. The minimum absolute atomic E-state index is 0.0590. The minimum Gasteiger partial charge on any atom is -0.474 e. The Hall–Kier alpha value is -2.71. The van der Waals surface area contributed by atoms with Crippen molar-refractivity contribution in [1.29, 1.82) is 0 Å². The first kappa shape index (κ1) is 23.9. The summed E-state index contributed by atoms with van der Waals surface area (Å²) in [7, 11) is -2.44. The molecule has 1 aromatic rings. The van der Waals surface area contributed by atoms with Crippen molar-refractivity contribution < 1.29 is 31.6 Å². The Balaban J connectivity index is 1.93. The maximum Gasteiger partial charge on any atom is 0.433 e. The summed E-state index contributed by atoms with van der Waals surface area (Å²) in [5, 5.41) is 8.05. The maximum absolute atomic E-state index is 13.4. The van der Waals surface area contributed by atoms with E-state index in [4.69, 9.17) is 20.3 Å². The molecular weight excluding hydrogens is 453 g/mol. The van der Waals surface area contributed by atoms with E-state index in [1.165, 1.54) is 14.0 Å². The molecule has 0 fully saturated rings. The molecular formula is C18H23F3N6O4S. The van der Waals surface area contributed by atoms with Gasteiger partial charge >= 0.3 is 12.2 Å². The lowest BCUT2D eigenvalue weighted by Crippen LogP contribution is -2.33. The van der Waals surface area contributed by atoms with Gasteiger partial charge < -0.3 is 20.5 Å². The summed E-state index contributed by atoms with van der Waals surface area (Å²) in [4.78, 5) is 20.0. The molecule has 14 heteroatoms. The van der Waals surface area contributed by atoms with Gasteiger partial charge in [0.25, 0.3) is 0 Å². The van der Waals surface area contributed by atoms with Gasteiger partial charge in [-0.15, -0.1) is 4.36 Å². The van der Waals surface area contributed by atoms with Crippen molar-refractivity contribution in [2.75, 3.05) is 25.6 Å². The SMILES string of the molecule is CO[C@@H]1CN=C(/C(=C\N)S(N)(=O)=NC(=O)Nc2c(C)c(C(F)(F)F)nc3c2CCC3)OC1. The van der Waals surface area contributed by atoms with Crippen LogP contribution in [0.5, 0.6) is 0 Å². The van der Waals surface area contributed by atoms with E-state index in [0.717, 1.165) is 6.20 Å². The molecule has 1 unspecified atom stereocenters. The summed E-state index contributed by atoms with van der Waals surface area (Å²) in [6.07, 6.45) is -2.77. The average Bonchev–Trinajstić information content (AvgIpc) is 3.18. The first-order valence-electron chi connectivity index (χ1n) is 9.55. The molecule has 5 N–H and O–H groups in total. The van der Waals surface area contributed by atoms with E-state index in [9.17, 15) is 22.2 Å². The lowest BCUT2D eigenvalue weighted by atomic mass is 10.1. The zero-order chi connectivity index (χ0) is 23.7. The summed E-state index contributed by atoms with van der Waals surface area (Å²) in [6, 6.07) is -1.19. The van der Waals surface area contributed by atoms with Crippen molar-refractivity contribution in [1.82, 2.24) is 4.98 Å². The highest BCUT2D eigenvalue weighted by Crippen LogP contribution is 2.38. The van der Waals surface area contributed by atoms with Gasteiger partial charge in [-0.05, 0) is 31.7 Å². The van der Waals surface area contributed by atoms with Crippen molar-refractivity contribution in [3.63, 3.8) is 0 Å². The topological polar surface area (TPSA) is 154 Å². The number of alkyl halides is 3. The number of nitrogens with two attached hydrogens (primary N) is 2. The highest BCUT2D eigenvalue weighted by molar-refractivity contribution is 7.96. The number of pyridine rings is 1. The van der Waals surface area contributed by atoms with Gasteiger partial charge in [-0.1, -0.05) is 0 Å². The maximum atomic E-state index is 13.4. The van der Waals surface area contributed by atoms with Crippen LogP contribution in [0.4, 0.5) is 23.7 Å². The number of aryl methyl sites for hydroxylation is 1. The zero-order valence-electron chi connectivity index (χ0n) is 17.4. The number of halogens is 3. The quantitative estimate of drug-likeness (QED) is 0.604. The number of nitrogens with one attached hydrogen (secondary N) is 1. The van der Waals surface area contributed by atoms with Crippen LogP contribution < -0.4 is 16.2 Å². The number of amides is 2. The van der Waals surface area contributed by atoms with Crippen LogP contribution in [0.1, 0.15) is 28.9 Å². The van der Waals surface area contributed by atoms with Gasteiger partial charge in [0.2, 0.25) is 5.90 Å². The number of carbonyl (C=O) groups is 1. The Kier molecular flexibility index (Phi) is 6.76. The molecule has 0 bridgehead atoms. The Morgan fingerprint density at radius 3 is 2.69 bits per heavy atom. The highest BCUT2D eigenvalue weighted by atomic mass is 32.2. The number of anilines is 1. The number of carbonyl (C=O) groups excluding carboxylic acids is 1. The second-order valence-electron chi connectivity index (χ2n) is 7.17. The van der Waals surface area contributed by atoms with E-state index in [2.05, 4.69) is 19.7 Å². The Morgan fingerprint density at radius 1 is 1.41 bits per heavy atom. The predicted octanol–water partition coefficient (Wildman–Crippen LogP) is 2.01. The summed E-state index contributed by atoms with van der Waals surface area (Å²) < 4.78 is 67.0. The third kappa shape index (κ3) is 4.86. The molecule has 3 rings (SSSR count). The van der Waals surface area contributed by atoms with Gasteiger partial charge in [0.1, 0.15) is 23.3 Å². The number of methoxy groups -OCH3 is 1. The molecule has 2 heterocycles. The largest absolute Gasteiger partial charge is 0.474 e. The van der Waals surface area contributed by atoms with Gasteiger partial charge in [0, 0.05) is 24.6 Å². The monoisotopic (exact) mass is 476 g/mol. The molecule has 0 aromatic carbocycles. The van der Waals surface area contributed by atoms with Crippen LogP contribution in [-0.2, 0) is 38.4 Å². The normalized spacial score (nSPS) is 20.6. The molecule has 1 aliphatic carbocycles. The van der Waals surface area contributed by atoms with Gasteiger partial charge in [0.15, 0.2) is 9.92 Å². The van der Waals surface area contributed by atoms with Crippen molar-refractivity contribution in [2.45, 2.75) is 38.5 Å². The van der Waals surface area contributed by atoms with Gasteiger partial charge in [-0.3, -0.25) is 0 Å². The zero-order valence-corrected chi connectivity index (χ0v) is 18.2. The van der Waals surface area contributed by atoms with E-state index in [0.29, 0.717) is 24.8 Å². The fourth-order valence-electron chi connectivity index (χ4n) is 3.47. The van der Waals surface area contributed by atoms with Crippen molar-refractivity contribution >= 4 is 27.5 Å². The second kappa shape index (κ2) is 9.03. The Labute approximate surface area is 182 Å². The van der Waals surface area contributed by atoms with Crippen LogP contribution in [0.2, 0.25) is 0 Å². The van der Waals surface area contributed by atoms with Crippen molar-refractivity contribution in [3.8, 4) is 0 Å². The van der Waals surface area contributed by atoms with E-state index in [1.54, 1.807) is 0 Å². The number of hydrogen-bond acceptors (Lipinski definition) is 7. The Morgan fingerprint density at radius 2 is 2.12 bits per heavy atom. The average molecular weight is 476 g/mol. The second-order valence-corrected chi connectivity index (χ2v) is 8.93. The van der Waals surface area contributed by atoms with Crippen LogP contribution in [0.25, 0.3) is 0 Å². The Bertz CT molecular complexity index is 1110. The molecule has 0 radical (unpaired) electrons. The first-order chi connectivity index (χ1) is 15.0. The van der Waals surface area contributed by atoms with Gasteiger partial charge in [-0.2, -0.15) is 13.2 Å². The van der Waals surface area contributed by atoms with Gasteiger partial charge in [-0.25, -0.2) is 24.1 Å². The first-order valence-corrected chi connectivity index (χ1v) is 11.1. The van der Waals surface area contributed by atoms with Crippen molar-refractivity contribution in [3.05, 3.63) is 33.6 Å². The smallest absolute Gasteiger partial charge is 0.433 e. The van der Waals surface area contributed by atoms with Crippen LogP contribution in [0.15, 0.2) is 20.5 Å². The highest BCUT2D eigenvalue weighted by Gasteiger charge is 2.38. The summed E-state index contributed by atoms with van der Waals surface area (Å²) in [6.45, 7) is 1.48. The fraction of sp³-hybridized carbons (Fsp3) is 0.500. The number of fused-ring (bicyclic) bond motifs is 1. The van der Waals surface area contributed by atoms with E-state index >= 15 is 0 Å². The third-order valence-electron chi connectivity index (χ3n) is 5.04. The number of nitrogens with zero attached hydrogens (tertiary/aromatic N) is 3. The number of ether oxygens (including phenoxy) is 2. The molecule has 0 saturated heterocycles. The van der Waals surface area contributed by atoms with E-state index in [1.807, 2.05) is 0 Å². The predicted molar refractivity (Wildman–Crippen MR) is 111 cm³/mol. The fourth-order valence-corrected chi connectivity index (χ4v) is 4.43. The molecule has 1 aromatic heterocycles. The molecule has 0 saturated carbocycles. The summed E-state index contributed by atoms with van der Waals surface area (Å²) >= 11 is 0. The number of rotatable bonds is 4. The van der Waals surface area contributed by atoms with E-state index < -0.39 is 27.8 Å². The number of aliphatic imine (C=N–C) groups is 1. The molecule has 32 heavy (non-hydrogen) atoms. The number of urea groups is 1. The molecule has 2 atom stereocenters. The number of hydrogen-bond donors (Lipinski definition) is 3. The van der Waals surface area contributed by atoms with Crippen LogP contribution >= 0.6 is 0 Å². The standard InChI is InChI=1S/C18H23F3N6O4S/c1-9-14(11-4-3-5-12(11)25-15(9)18(19,20)21)26-17(28)27-32(23,29)13(6-22)16-24-7-10(30-2)8-31-16/h6,10H,3-5,7-8,22H2,1-2H3,(H3,23,25,26,27,28,29)/b13-6+/t10-,32?/m1/s1. The molecule has 0 spiro atoms. The third-order valence-corrected chi connectivity index (χ3v) is 6.42. The summed E-state index contributed by atoms with van der Waals surface area (Å²) in [5.41, 5.74) is 4.84. The molecule has 10 nitrogen and oxygen atoms in total.